The third kappa shape index (κ3) is 3.05. The zero-order valence-electron chi connectivity index (χ0n) is 10.9. The molecule has 1 aromatic rings. The first-order valence-electron chi connectivity index (χ1n) is 6.43. The Morgan fingerprint density at radius 2 is 2.16 bits per heavy atom. The lowest BCUT2D eigenvalue weighted by Gasteiger charge is -2.35. The Kier molecular flexibility index (Phi) is 4.04. The number of carboxylic acid groups (broad SMARTS) is 1. The third-order valence-electron chi connectivity index (χ3n) is 3.47. The topological polar surface area (TPSA) is 69.6 Å². The van der Waals surface area contributed by atoms with Crippen LogP contribution in [0.4, 0.5) is 4.79 Å². The Bertz CT molecular complexity index is 487. The maximum absolute atomic E-state index is 12.0. The highest BCUT2D eigenvalue weighted by Crippen LogP contribution is 2.28. The second-order valence-electron chi connectivity index (χ2n) is 4.69. The molecule has 0 aliphatic carbocycles. The fourth-order valence-electron chi connectivity index (χ4n) is 2.43. The number of nitrogens with one attached hydrogen (secondary N) is 1. The molecular formula is C14H18N2O3. The van der Waals surface area contributed by atoms with Gasteiger partial charge in [-0.1, -0.05) is 24.3 Å². The Morgan fingerprint density at radius 1 is 1.42 bits per heavy atom. The molecule has 2 amide bonds. The van der Waals surface area contributed by atoms with Crippen LogP contribution in [-0.4, -0.2) is 35.1 Å². The minimum Gasteiger partial charge on any atom is -0.481 e. The molecule has 0 fully saturated rings. The van der Waals surface area contributed by atoms with E-state index in [-0.39, 0.29) is 25.0 Å². The van der Waals surface area contributed by atoms with Gasteiger partial charge in [0.2, 0.25) is 0 Å². The predicted molar refractivity (Wildman–Crippen MR) is 70.9 cm³/mol. The van der Waals surface area contributed by atoms with Gasteiger partial charge in [0.25, 0.3) is 0 Å². The smallest absolute Gasteiger partial charge is 0.317 e. The quantitative estimate of drug-likeness (QED) is 0.872. The van der Waals surface area contributed by atoms with Crippen molar-refractivity contribution in [1.82, 2.24) is 10.2 Å². The molecular weight excluding hydrogens is 244 g/mol. The molecule has 19 heavy (non-hydrogen) atoms. The highest BCUT2D eigenvalue weighted by Gasteiger charge is 2.26. The fourth-order valence-corrected chi connectivity index (χ4v) is 2.43. The number of urea groups is 1. The summed E-state index contributed by atoms with van der Waals surface area (Å²) in [6.07, 6.45) is 0.789. The molecule has 102 valence electrons. The maximum Gasteiger partial charge on any atom is 0.317 e. The Morgan fingerprint density at radius 3 is 2.89 bits per heavy atom. The molecule has 1 aliphatic rings. The average Bonchev–Trinajstić information content (AvgIpc) is 2.39. The monoisotopic (exact) mass is 262 g/mol. The van der Waals surface area contributed by atoms with Gasteiger partial charge in [0.15, 0.2) is 0 Å². The second kappa shape index (κ2) is 5.73. The van der Waals surface area contributed by atoms with Crippen molar-refractivity contribution in [1.29, 1.82) is 0 Å². The number of hydrogen-bond donors (Lipinski definition) is 2. The minimum atomic E-state index is -0.905. The van der Waals surface area contributed by atoms with E-state index >= 15 is 0 Å². The molecule has 0 spiro atoms. The molecule has 1 unspecified atom stereocenters. The van der Waals surface area contributed by atoms with Crippen molar-refractivity contribution in [2.45, 2.75) is 25.8 Å². The zero-order chi connectivity index (χ0) is 13.8. The number of aliphatic carboxylic acids is 1. The minimum absolute atomic E-state index is 0.0229. The van der Waals surface area contributed by atoms with Gasteiger partial charge in [-0.25, -0.2) is 4.79 Å². The maximum atomic E-state index is 12.0. The Balaban J connectivity index is 1.99. The average molecular weight is 262 g/mol. The summed E-state index contributed by atoms with van der Waals surface area (Å²) in [5, 5.41) is 11.2. The summed E-state index contributed by atoms with van der Waals surface area (Å²) < 4.78 is 0. The summed E-state index contributed by atoms with van der Waals surface area (Å²) in [4.78, 5) is 24.2. The van der Waals surface area contributed by atoms with Gasteiger partial charge < -0.3 is 15.3 Å². The molecule has 0 bridgehead atoms. The standard InChI is InChI=1S/C14H18N2O3/c1-10-12-5-3-2-4-11(12)7-9-16(10)14(19)15-8-6-13(17)18/h2-5,10H,6-9H2,1H3,(H,15,19)(H,17,18). The molecule has 2 N–H and O–H groups in total. The zero-order valence-corrected chi connectivity index (χ0v) is 10.9. The first kappa shape index (κ1) is 13.4. The number of carbonyl (C=O) groups excluding carboxylic acids is 1. The van der Waals surface area contributed by atoms with E-state index in [9.17, 15) is 9.59 Å². The molecule has 2 rings (SSSR count). The molecule has 0 radical (unpaired) electrons. The summed E-state index contributed by atoms with van der Waals surface area (Å²) in [7, 11) is 0. The van der Waals surface area contributed by atoms with Gasteiger partial charge in [-0.15, -0.1) is 0 Å². The van der Waals surface area contributed by atoms with Crippen LogP contribution < -0.4 is 5.32 Å². The van der Waals surface area contributed by atoms with Crippen molar-refractivity contribution in [3.8, 4) is 0 Å². The Labute approximate surface area is 112 Å². The number of carbonyl (C=O) groups is 2. The van der Waals surface area contributed by atoms with Crippen LogP contribution >= 0.6 is 0 Å². The van der Waals surface area contributed by atoms with Crippen molar-refractivity contribution in [3.05, 3.63) is 35.4 Å². The highest BCUT2D eigenvalue weighted by molar-refractivity contribution is 5.76. The van der Waals surface area contributed by atoms with Gasteiger partial charge in [-0.2, -0.15) is 0 Å². The molecule has 0 saturated carbocycles. The first-order valence-corrected chi connectivity index (χ1v) is 6.43. The largest absolute Gasteiger partial charge is 0.481 e. The number of amides is 2. The van der Waals surface area contributed by atoms with Gasteiger partial charge in [-0.05, 0) is 24.5 Å². The van der Waals surface area contributed by atoms with Crippen molar-refractivity contribution in [2.24, 2.45) is 0 Å². The Hall–Kier alpha value is -2.04. The molecule has 1 aliphatic heterocycles. The number of carboxylic acids is 1. The van der Waals surface area contributed by atoms with Crippen LogP contribution in [0.3, 0.4) is 0 Å². The fraction of sp³-hybridized carbons (Fsp3) is 0.429. The molecule has 0 aromatic heterocycles. The van der Waals surface area contributed by atoms with E-state index in [2.05, 4.69) is 11.4 Å². The molecule has 1 heterocycles. The van der Waals surface area contributed by atoms with Crippen molar-refractivity contribution < 1.29 is 14.7 Å². The summed E-state index contributed by atoms with van der Waals surface area (Å²) in [6.45, 7) is 2.82. The lowest BCUT2D eigenvalue weighted by atomic mass is 9.94. The van der Waals surface area contributed by atoms with Crippen LogP contribution in [0.15, 0.2) is 24.3 Å². The van der Waals surface area contributed by atoms with Crippen molar-refractivity contribution in [2.75, 3.05) is 13.1 Å². The SMILES string of the molecule is CC1c2ccccc2CCN1C(=O)NCCC(=O)O. The van der Waals surface area contributed by atoms with E-state index < -0.39 is 5.97 Å². The van der Waals surface area contributed by atoms with Gasteiger partial charge in [0, 0.05) is 13.1 Å². The summed E-state index contributed by atoms with van der Waals surface area (Å²) >= 11 is 0. The molecule has 1 aromatic carbocycles. The number of benzene rings is 1. The van der Waals surface area contributed by atoms with Crippen LogP contribution in [0, 0.1) is 0 Å². The second-order valence-corrected chi connectivity index (χ2v) is 4.69. The van der Waals surface area contributed by atoms with Crippen LogP contribution in [0.1, 0.15) is 30.5 Å². The van der Waals surface area contributed by atoms with Gasteiger partial charge >= 0.3 is 12.0 Å². The molecule has 1 atom stereocenters. The van der Waals surface area contributed by atoms with E-state index in [0.717, 1.165) is 6.42 Å². The van der Waals surface area contributed by atoms with E-state index in [1.165, 1.54) is 11.1 Å². The van der Waals surface area contributed by atoms with E-state index in [1.54, 1.807) is 4.90 Å². The van der Waals surface area contributed by atoms with Crippen molar-refractivity contribution >= 4 is 12.0 Å². The molecule has 5 nitrogen and oxygen atoms in total. The van der Waals surface area contributed by atoms with Gasteiger partial charge in [-0.3, -0.25) is 4.79 Å². The highest BCUT2D eigenvalue weighted by atomic mass is 16.4. The number of hydrogen-bond acceptors (Lipinski definition) is 2. The first-order chi connectivity index (χ1) is 9.09. The number of rotatable bonds is 3. The van der Waals surface area contributed by atoms with Crippen LogP contribution in [-0.2, 0) is 11.2 Å². The number of fused-ring (bicyclic) bond motifs is 1. The lowest BCUT2D eigenvalue weighted by Crippen LogP contribution is -2.45. The van der Waals surface area contributed by atoms with Crippen LogP contribution in [0.5, 0.6) is 0 Å². The van der Waals surface area contributed by atoms with E-state index in [4.69, 9.17) is 5.11 Å². The van der Waals surface area contributed by atoms with Crippen LogP contribution in [0.25, 0.3) is 0 Å². The normalized spacial score (nSPS) is 17.7. The summed E-state index contributed by atoms with van der Waals surface area (Å²) in [6, 6.07) is 7.94. The predicted octanol–water partition coefficient (Wildman–Crippen LogP) is 1.79. The molecule has 5 heteroatoms. The lowest BCUT2D eigenvalue weighted by molar-refractivity contribution is -0.136. The van der Waals surface area contributed by atoms with Gasteiger partial charge in [0.1, 0.15) is 0 Å². The van der Waals surface area contributed by atoms with E-state index in [0.29, 0.717) is 6.54 Å². The molecule has 0 saturated heterocycles. The van der Waals surface area contributed by atoms with Crippen LogP contribution in [0.2, 0.25) is 0 Å². The van der Waals surface area contributed by atoms with Gasteiger partial charge in [0.05, 0.1) is 12.5 Å². The number of nitrogens with zero attached hydrogens (tertiary/aromatic N) is 1. The summed E-state index contributed by atoms with van der Waals surface area (Å²) in [5.41, 5.74) is 2.45. The van der Waals surface area contributed by atoms with E-state index in [1.807, 2.05) is 25.1 Å². The third-order valence-corrected chi connectivity index (χ3v) is 3.47. The van der Waals surface area contributed by atoms with Crippen molar-refractivity contribution in [3.63, 3.8) is 0 Å². The summed E-state index contributed by atoms with van der Waals surface area (Å²) in [5.74, 6) is -0.905.